The van der Waals surface area contributed by atoms with Crippen LogP contribution in [0.2, 0.25) is 12.1 Å². The Morgan fingerprint density at radius 3 is 1.32 bits per heavy atom. The molecule has 0 spiro atoms. The summed E-state index contributed by atoms with van der Waals surface area (Å²) >= 11 is 0. The molecule has 0 saturated carbocycles. The molecule has 19 heavy (non-hydrogen) atoms. The van der Waals surface area contributed by atoms with Gasteiger partial charge >= 0.3 is 8.56 Å². The van der Waals surface area contributed by atoms with Crippen molar-refractivity contribution in [3.8, 4) is 0 Å². The molecule has 0 aliphatic carbocycles. The summed E-state index contributed by atoms with van der Waals surface area (Å²) in [5.74, 6) is 0. The molecule has 0 radical (unpaired) electrons. The topological polar surface area (TPSA) is 18.5 Å². The first-order valence-electron chi connectivity index (χ1n) is 8.52. The van der Waals surface area contributed by atoms with Crippen LogP contribution in [0.3, 0.4) is 0 Å². The minimum absolute atomic E-state index is 0.813. The number of rotatable bonds is 14. The van der Waals surface area contributed by atoms with E-state index in [0.717, 1.165) is 13.2 Å². The van der Waals surface area contributed by atoms with Crippen molar-refractivity contribution in [3.63, 3.8) is 0 Å². The normalized spacial score (nSPS) is 12.0. The second kappa shape index (κ2) is 13.1. The molecule has 0 saturated heterocycles. The van der Waals surface area contributed by atoms with Gasteiger partial charge < -0.3 is 8.85 Å². The molecule has 0 unspecified atom stereocenters. The Morgan fingerprint density at radius 2 is 1.00 bits per heavy atom. The number of hydrogen-bond donors (Lipinski definition) is 0. The molecular weight excluding hydrogens is 252 g/mol. The van der Waals surface area contributed by atoms with Gasteiger partial charge in [-0.1, -0.05) is 65.2 Å². The van der Waals surface area contributed by atoms with Crippen LogP contribution in [0.1, 0.15) is 79.1 Å². The summed E-state index contributed by atoms with van der Waals surface area (Å²) in [5, 5.41) is 0. The zero-order valence-electron chi connectivity index (χ0n) is 13.8. The fraction of sp³-hybridized carbons (Fsp3) is 1.00. The second-order valence-corrected chi connectivity index (χ2v) is 8.80. The molecule has 0 atom stereocenters. The van der Waals surface area contributed by atoms with Gasteiger partial charge in [0.15, 0.2) is 0 Å². The fourth-order valence-corrected chi connectivity index (χ4v) is 6.16. The van der Waals surface area contributed by atoms with Gasteiger partial charge in [-0.3, -0.25) is 0 Å². The van der Waals surface area contributed by atoms with E-state index in [4.69, 9.17) is 8.85 Å². The summed E-state index contributed by atoms with van der Waals surface area (Å²) in [5.41, 5.74) is 0. The Balaban J connectivity index is 4.22. The van der Waals surface area contributed by atoms with Crippen LogP contribution in [0.4, 0.5) is 0 Å². The molecule has 3 heteroatoms. The minimum Gasteiger partial charge on any atom is -0.394 e. The summed E-state index contributed by atoms with van der Waals surface area (Å²) in [4.78, 5) is 0. The summed E-state index contributed by atoms with van der Waals surface area (Å²) < 4.78 is 12.3. The first kappa shape index (κ1) is 19.1. The predicted octanol–water partition coefficient (Wildman–Crippen LogP) is 5.66. The van der Waals surface area contributed by atoms with Gasteiger partial charge in [-0.05, 0) is 25.9 Å². The summed E-state index contributed by atoms with van der Waals surface area (Å²) in [6, 6.07) is 2.39. The van der Waals surface area contributed by atoms with Crippen molar-refractivity contribution in [2.45, 2.75) is 91.1 Å². The lowest BCUT2D eigenvalue weighted by molar-refractivity contribution is 0.180. The van der Waals surface area contributed by atoms with Crippen LogP contribution in [0.25, 0.3) is 0 Å². The van der Waals surface area contributed by atoms with E-state index >= 15 is 0 Å². The van der Waals surface area contributed by atoms with Crippen molar-refractivity contribution in [1.82, 2.24) is 0 Å². The summed E-state index contributed by atoms with van der Waals surface area (Å²) in [6.45, 7) is 10.4. The van der Waals surface area contributed by atoms with E-state index in [9.17, 15) is 0 Å². The highest BCUT2D eigenvalue weighted by atomic mass is 28.4. The Kier molecular flexibility index (Phi) is 13.2. The van der Waals surface area contributed by atoms with E-state index in [1.54, 1.807) is 0 Å². The van der Waals surface area contributed by atoms with Crippen LogP contribution >= 0.6 is 0 Å². The smallest absolute Gasteiger partial charge is 0.338 e. The van der Waals surface area contributed by atoms with Crippen LogP contribution < -0.4 is 0 Å². The molecule has 0 heterocycles. The molecule has 0 amide bonds. The average molecular weight is 289 g/mol. The molecule has 0 aliphatic heterocycles. The Morgan fingerprint density at radius 1 is 0.579 bits per heavy atom. The monoisotopic (exact) mass is 288 g/mol. The van der Waals surface area contributed by atoms with Gasteiger partial charge in [0.05, 0.1) is 0 Å². The average Bonchev–Trinajstić information content (AvgIpc) is 2.41. The molecule has 0 bridgehead atoms. The predicted molar refractivity (Wildman–Crippen MR) is 86.9 cm³/mol. The van der Waals surface area contributed by atoms with Gasteiger partial charge in [-0.15, -0.1) is 0 Å². The Hall–Kier alpha value is 0.137. The number of hydrogen-bond acceptors (Lipinski definition) is 2. The van der Waals surface area contributed by atoms with Crippen molar-refractivity contribution in [1.29, 1.82) is 0 Å². The van der Waals surface area contributed by atoms with Crippen LogP contribution in [-0.2, 0) is 8.85 Å². The van der Waals surface area contributed by atoms with E-state index in [0.29, 0.717) is 0 Å². The highest BCUT2D eigenvalue weighted by Crippen LogP contribution is 2.26. The summed E-state index contributed by atoms with van der Waals surface area (Å²) in [6.07, 6.45) is 10.5. The lowest BCUT2D eigenvalue weighted by Gasteiger charge is -2.30. The second-order valence-electron chi connectivity index (χ2n) is 5.40. The maximum absolute atomic E-state index is 6.15. The molecule has 2 nitrogen and oxygen atoms in total. The zero-order valence-corrected chi connectivity index (χ0v) is 14.8. The zero-order chi connectivity index (χ0) is 14.4. The van der Waals surface area contributed by atoms with Gasteiger partial charge in [-0.25, -0.2) is 0 Å². The highest BCUT2D eigenvalue weighted by molar-refractivity contribution is 6.67. The maximum atomic E-state index is 6.15. The molecule has 0 fully saturated rings. The lowest BCUT2D eigenvalue weighted by atomic mass is 10.2. The third-order valence-corrected chi connectivity index (χ3v) is 7.50. The van der Waals surface area contributed by atoms with E-state index < -0.39 is 8.56 Å². The first-order valence-corrected chi connectivity index (χ1v) is 10.8. The largest absolute Gasteiger partial charge is 0.394 e. The van der Waals surface area contributed by atoms with Crippen LogP contribution in [0, 0.1) is 0 Å². The molecule has 0 aromatic carbocycles. The third kappa shape index (κ3) is 9.64. The molecule has 0 rings (SSSR count). The van der Waals surface area contributed by atoms with Gasteiger partial charge in [0.2, 0.25) is 0 Å². The highest BCUT2D eigenvalue weighted by Gasteiger charge is 2.35. The van der Waals surface area contributed by atoms with E-state index in [1.807, 2.05) is 0 Å². The van der Waals surface area contributed by atoms with Crippen LogP contribution in [0.15, 0.2) is 0 Å². The van der Waals surface area contributed by atoms with E-state index in [-0.39, 0.29) is 0 Å². The van der Waals surface area contributed by atoms with E-state index in [1.165, 1.54) is 63.5 Å². The van der Waals surface area contributed by atoms with Gasteiger partial charge in [0.25, 0.3) is 0 Å². The fourth-order valence-electron chi connectivity index (χ4n) is 2.62. The Labute approximate surface area is 122 Å². The van der Waals surface area contributed by atoms with Gasteiger partial charge in [-0.2, -0.15) is 0 Å². The number of unbranched alkanes of at least 4 members (excludes halogenated alkanes) is 6. The molecule has 0 aromatic heterocycles. The minimum atomic E-state index is -1.90. The quantitative estimate of drug-likeness (QED) is 0.303. The van der Waals surface area contributed by atoms with Gasteiger partial charge in [0, 0.05) is 13.2 Å². The van der Waals surface area contributed by atoms with Crippen molar-refractivity contribution < 1.29 is 8.85 Å². The molecule has 0 N–H and O–H groups in total. The lowest BCUT2D eigenvalue weighted by Crippen LogP contribution is -2.42. The van der Waals surface area contributed by atoms with Crippen molar-refractivity contribution >= 4 is 8.56 Å². The standard InChI is InChI=1S/C16H36O2Si/c1-5-9-11-13-15-19(17-7-3,18-8-4)16-14-12-10-6-2/h5-16H2,1-4H3. The third-order valence-electron chi connectivity index (χ3n) is 3.64. The molecular formula is C16H36O2Si. The molecule has 116 valence electrons. The summed E-state index contributed by atoms with van der Waals surface area (Å²) in [7, 11) is -1.90. The first-order chi connectivity index (χ1) is 9.24. The maximum Gasteiger partial charge on any atom is 0.338 e. The van der Waals surface area contributed by atoms with Crippen molar-refractivity contribution in [2.24, 2.45) is 0 Å². The van der Waals surface area contributed by atoms with Crippen molar-refractivity contribution in [3.05, 3.63) is 0 Å². The van der Waals surface area contributed by atoms with Crippen LogP contribution in [0.5, 0.6) is 0 Å². The Bertz CT molecular complexity index is 166. The molecule has 0 aromatic rings. The molecule has 0 aliphatic rings. The van der Waals surface area contributed by atoms with Crippen LogP contribution in [-0.4, -0.2) is 21.8 Å². The van der Waals surface area contributed by atoms with Gasteiger partial charge in [0.1, 0.15) is 0 Å². The van der Waals surface area contributed by atoms with Crippen molar-refractivity contribution in [2.75, 3.05) is 13.2 Å². The SMILES string of the molecule is CCCCCC[Si](CCCCCC)(OCC)OCC. The van der Waals surface area contributed by atoms with E-state index in [2.05, 4.69) is 27.7 Å².